The van der Waals surface area contributed by atoms with Crippen LogP contribution in [0.15, 0.2) is 53.5 Å². The average Bonchev–Trinajstić information content (AvgIpc) is 2.75. The Morgan fingerprint density at radius 2 is 1.55 bits per heavy atom. The second-order valence-corrected chi connectivity index (χ2v) is 6.64. The molecule has 29 heavy (non-hydrogen) atoms. The molecule has 0 saturated heterocycles. The number of hydrogen-bond acceptors (Lipinski definition) is 3. The number of benzene rings is 2. The summed E-state index contributed by atoms with van der Waals surface area (Å²) < 4.78 is 5.42. The molecule has 2 rings (SSSR count). The number of rotatable bonds is 10. The Bertz CT molecular complexity index is 747. The number of guanidine groups is 1. The monoisotopic (exact) mass is 510 g/mol. The van der Waals surface area contributed by atoms with Crippen molar-refractivity contribution in [3.8, 4) is 5.75 Å². The SMILES string of the molecule is CCN(CC)Cc1ccccc1CNC(=NC)NCCc1ccccc1OC.I. The van der Waals surface area contributed by atoms with Gasteiger partial charge in [-0.15, -0.1) is 24.0 Å². The summed E-state index contributed by atoms with van der Waals surface area (Å²) >= 11 is 0. The first-order valence-electron chi connectivity index (χ1n) is 10.1. The van der Waals surface area contributed by atoms with Gasteiger partial charge in [-0.2, -0.15) is 0 Å². The van der Waals surface area contributed by atoms with Crippen LogP contribution in [-0.4, -0.2) is 44.7 Å². The Labute approximate surface area is 193 Å². The summed E-state index contributed by atoms with van der Waals surface area (Å²) in [6.45, 7) is 9.06. The molecular weight excluding hydrogens is 475 g/mol. The van der Waals surface area contributed by atoms with Gasteiger partial charge in [0.1, 0.15) is 5.75 Å². The summed E-state index contributed by atoms with van der Waals surface area (Å²) in [4.78, 5) is 6.78. The normalized spacial score (nSPS) is 11.1. The predicted molar refractivity (Wildman–Crippen MR) is 133 cm³/mol. The number of para-hydroxylation sites is 1. The van der Waals surface area contributed by atoms with E-state index in [2.05, 4.69) is 64.7 Å². The minimum atomic E-state index is 0. The molecule has 0 spiro atoms. The fraction of sp³-hybridized carbons (Fsp3) is 0.435. The third-order valence-electron chi connectivity index (χ3n) is 4.96. The third-order valence-corrected chi connectivity index (χ3v) is 4.96. The molecule has 0 aromatic heterocycles. The lowest BCUT2D eigenvalue weighted by molar-refractivity contribution is 0.295. The zero-order valence-electron chi connectivity index (χ0n) is 18.1. The van der Waals surface area contributed by atoms with E-state index in [1.165, 1.54) is 16.7 Å². The van der Waals surface area contributed by atoms with Crippen molar-refractivity contribution in [2.24, 2.45) is 4.99 Å². The molecular formula is C23H35IN4O. The smallest absolute Gasteiger partial charge is 0.191 e. The van der Waals surface area contributed by atoms with E-state index in [0.717, 1.165) is 50.9 Å². The van der Waals surface area contributed by atoms with Gasteiger partial charge in [0.25, 0.3) is 0 Å². The molecule has 0 bridgehead atoms. The van der Waals surface area contributed by atoms with Crippen LogP contribution in [0.25, 0.3) is 0 Å². The van der Waals surface area contributed by atoms with Gasteiger partial charge in [-0.05, 0) is 42.3 Å². The maximum absolute atomic E-state index is 5.42. The molecule has 0 fully saturated rings. The van der Waals surface area contributed by atoms with Crippen LogP contribution in [0.2, 0.25) is 0 Å². The van der Waals surface area contributed by atoms with Crippen molar-refractivity contribution in [3.63, 3.8) is 0 Å². The molecule has 0 aliphatic heterocycles. The van der Waals surface area contributed by atoms with Gasteiger partial charge < -0.3 is 15.4 Å². The van der Waals surface area contributed by atoms with E-state index in [-0.39, 0.29) is 24.0 Å². The second kappa shape index (κ2) is 14.2. The molecule has 0 atom stereocenters. The Morgan fingerprint density at radius 3 is 2.17 bits per heavy atom. The molecule has 0 aliphatic rings. The average molecular weight is 510 g/mol. The van der Waals surface area contributed by atoms with E-state index in [0.29, 0.717) is 0 Å². The van der Waals surface area contributed by atoms with Gasteiger partial charge in [0.2, 0.25) is 0 Å². The van der Waals surface area contributed by atoms with Crippen molar-refractivity contribution in [1.82, 2.24) is 15.5 Å². The molecule has 160 valence electrons. The summed E-state index contributed by atoms with van der Waals surface area (Å²) in [5.74, 6) is 1.74. The largest absolute Gasteiger partial charge is 0.496 e. The fourth-order valence-corrected chi connectivity index (χ4v) is 3.20. The Morgan fingerprint density at radius 1 is 0.931 bits per heavy atom. The Hall–Kier alpha value is -1.80. The van der Waals surface area contributed by atoms with Gasteiger partial charge in [0.15, 0.2) is 5.96 Å². The highest BCUT2D eigenvalue weighted by molar-refractivity contribution is 14.0. The van der Waals surface area contributed by atoms with Crippen LogP contribution < -0.4 is 15.4 Å². The van der Waals surface area contributed by atoms with Crippen LogP contribution in [0.1, 0.15) is 30.5 Å². The molecule has 5 nitrogen and oxygen atoms in total. The maximum Gasteiger partial charge on any atom is 0.191 e. The Kier molecular flexibility index (Phi) is 12.4. The molecule has 0 radical (unpaired) electrons. The number of hydrogen-bond donors (Lipinski definition) is 2. The minimum absolute atomic E-state index is 0. The third kappa shape index (κ3) is 8.22. The van der Waals surface area contributed by atoms with Crippen molar-refractivity contribution in [2.75, 3.05) is 33.8 Å². The maximum atomic E-state index is 5.42. The van der Waals surface area contributed by atoms with E-state index in [4.69, 9.17) is 4.74 Å². The Balaban J connectivity index is 0.00000420. The fourth-order valence-electron chi connectivity index (χ4n) is 3.20. The number of halogens is 1. The van der Waals surface area contributed by atoms with E-state index in [1.807, 2.05) is 18.2 Å². The van der Waals surface area contributed by atoms with Gasteiger partial charge in [-0.25, -0.2) is 0 Å². The predicted octanol–water partition coefficient (Wildman–Crippen LogP) is 4.06. The zero-order valence-corrected chi connectivity index (χ0v) is 20.4. The lowest BCUT2D eigenvalue weighted by atomic mass is 10.1. The molecule has 0 heterocycles. The highest BCUT2D eigenvalue weighted by Gasteiger charge is 2.07. The van der Waals surface area contributed by atoms with Crippen LogP contribution in [0.3, 0.4) is 0 Å². The van der Waals surface area contributed by atoms with Gasteiger partial charge in [-0.1, -0.05) is 56.3 Å². The van der Waals surface area contributed by atoms with Crippen molar-refractivity contribution in [1.29, 1.82) is 0 Å². The first kappa shape index (κ1) is 25.2. The summed E-state index contributed by atoms with van der Waals surface area (Å²) in [5, 5.41) is 6.83. The van der Waals surface area contributed by atoms with Gasteiger partial charge in [-0.3, -0.25) is 9.89 Å². The molecule has 2 N–H and O–H groups in total. The highest BCUT2D eigenvalue weighted by Crippen LogP contribution is 2.17. The number of methoxy groups -OCH3 is 1. The summed E-state index contributed by atoms with van der Waals surface area (Å²) in [5.41, 5.74) is 3.86. The molecule has 2 aromatic rings. The van der Waals surface area contributed by atoms with Gasteiger partial charge in [0, 0.05) is 26.7 Å². The van der Waals surface area contributed by atoms with Gasteiger partial charge >= 0.3 is 0 Å². The zero-order chi connectivity index (χ0) is 20.2. The summed E-state index contributed by atoms with van der Waals surface area (Å²) in [6.07, 6.45) is 0.878. The molecule has 0 saturated carbocycles. The van der Waals surface area contributed by atoms with Crippen LogP contribution in [-0.2, 0) is 19.5 Å². The van der Waals surface area contributed by atoms with E-state index < -0.39 is 0 Å². The number of nitrogens with zero attached hydrogens (tertiary/aromatic N) is 2. The molecule has 0 aliphatic carbocycles. The van der Waals surface area contributed by atoms with Crippen LogP contribution in [0.5, 0.6) is 5.75 Å². The summed E-state index contributed by atoms with van der Waals surface area (Å²) in [7, 11) is 3.52. The lowest BCUT2D eigenvalue weighted by Gasteiger charge is -2.20. The topological polar surface area (TPSA) is 48.9 Å². The van der Waals surface area contributed by atoms with Crippen LogP contribution in [0, 0.1) is 0 Å². The lowest BCUT2D eigenvalue weighted by Crippen LogP contribution is -2.38. The molecule has 0 unspecified atom stereocenters. The first-order chi connectivity index (χ1) is 13.7. The number of ether oxygens (including phenoxy) is 1. The molecule has 6 heteroatoms. The number of nitrogens with one attached hydrogen (secondary N) is 2. The highest BCUT2D eigenvalue weighted by atomic mass is 127. The van der Waals surface area contributed by atoms with Crippen LogP contribution in [0.4, 0.5) is 0 Å². The second-order valence-electron chi connectivity index (χ2n) is 6.64. The number of aliphatic imine (C=N–C) groups is 1. The van der Waals surface area contributed by atoms with Crippen LogP contribution >= 0.6 is 24.0 Å². The molecule has 2 aromatic carbocycles. The standard InChI is InChI=1S/C23H34N4O.HI/c1-5-27(6-2)18-21-13-8-7-12-20(21)17-26-23(24-3)25-16-15-19-11-9-10-14-22(19)28-4;/h7-14H,5-6,15-18H2,1-4H3,(H2,24,25,26);1H. The van der Waals surface area contributed by atoms with E-state index in [9.17, 15) is 0 Å². The summed E-state index contributed by atoms with van der Waals surface area (Å²) in [6, 6.07) is 16.7. The quantitative estimate of drug-likeness (QED) is 0.288. The van der Waals surface area contributed by atoms with E-state index >= 15 is 0 Å². The van der Waals surface area contributed by atoms with Crippen molar-refractivity contribution < 1.29 is 4.74 Å². The van der Waals surface area contributed by atoms with Crippen molar-refractivity contribution >= 4 is 29.9 Å². The van der Waals surface area contributed by atoms with Gasteiger partial charge in [0.05, 0.1) is 7.11 Å². The van der Waals surface area contributed by atoms with E-state index in [1.54, 1.807) is 14.2 Å². The van der Waals surface area contributed by atoms with Crippen molar-refractivity contribution in [3.05, 3.63) is 65.2 Å². The minimum Gasteiger partial charge on any atom is -0.496 e. The van der Waals surface area contributed by atoms with Crippen molar-refractivity contribution in [2.45, 2.75) is 33.4 Å². The first-order valence-corrected chi connectivity index (χ1v) is 10.1. The molecule has 0 amide bonds.